The van der Waals surface area contributed by atoms with Gasteiger partial charge in [0.1, 0.15) is 11.8 Å². The van der Waals surface area contributed by atoms with Crippen LogP contribution in [0.25, 0.3) is 10.8 Å². The Balaban J connectivity index is 1.40. The fourth-order valence-corrected chi connectivity index (χ4v) is 4.35. The molecule has 204 valence electrons. The fourth-order valence-electron chi connectivity index (χ4n) is 4.35. The molecule has 3 atom stereocenters. The number of aliphatic imine (C=N–C) groups is 1. The van der Waals surface area contributed by atoms with Crippen LogP contribution in [0.15, 0.2) is 77.8 Å². The number of carbonyl (C=O) groups excluding carboxylic acids is 3. The molecule has 10 heteroatoms. The molecule has 0 radical (unpaired) electrons. The molecule has 4 rings (SSSR count). The van der Waals surface area contributed by atoms with E-state index in [0.717, 1.165) is 29.2 Å². The van der Waals surface area contributed by atoms with Crippen LogP contribution in [0.2, 0.25) is 0 Å². The van der Waals surface area contributed by atoms with Gasteiger partial charge in [0.2, 0.25) is 18.0 Å². The van der Waals surface area contributed by atoms with Gasteiger partial charge < -0.3 is 32.2 Å². The summed E-state index contributed by atoms with van der Waals surface area (Å²) in [5.74, 6) is -0.422. The van der Waals surface area contributed by atoms with E-state index in [1.165, 1.54) is 0 Å². The van der Waals surface area contributed by atoms with Crippen molar-refractivity contribution in [2.45, 2.75) is 50.4 Å². The summed E-state index contributed by atoms with van der Waals surface area (Å²) in [4.78, 5) is 42.4. The van der Waals surface area contributed by atoms with Gasteiger partial charge in [-0.15, -0.1) is 0 Å². The summed E-state index contributed by atoms with van der Waals surface area (Å²) in [6.07, 6.45) is 1.98. The van der Waals surface area contributed by atoms with E-state index in [2.05, 4.69) is 20.9 Å². The van der Waals surface area contributed by atoms with Crippen LogP contribution < -0.4 is 32.2 Å². The Morgan fingerprint density at radius 3 is 2.44 bits per heavy atom. The van der Waals surface area contributed by atoms with Gasteiger partial charge in [0.15, 0.2) is 12.0 Å². The van der Waals surface area contributed by atoms with Crippen LogP contribution >= 0.6 is 0 Å². The van der Waals surface area contributed by atoms with Gasteiger partial charge in [-0.05, 0) is 41.3 Å². The highest BCUT2D eigenvalue weighted by Gasteiger charge is 2.43. The summed E-state index contributed by atoms with van der Waals surface area (Å²) in [5, 5.41) is 10.4. The molecule has 3 aromatic rings. The van der Waals surface area contributed by atoms with Crippen molar-refractivity contribution < 1.29 is 19.1 Å². The van der Waals surface area contributed by atoms with Crippen molar-refractivity contribution in [1.29, 1.82) is 0 Å². The van der Waals surface area contributed by atoms with Crippen LogP contribution in [0.1, 0.15) is 31.2 Å². The number of carbonyl (C=O) groups is 3. The largest absolute Gasteiger partial charge is 0.468 e. The third-order valence-electron chi connectivity index (χ3n) is 6.44. The summed E-state index contributed by atoms with van der Waals surface area (Å²) < 4.78 is 5.80. The second kappa shape index (κ2) is 13.3. The van der Waals surface area contributed by atoms with Crippen molar-refractivity contribution >= 4 is 34.5 Å². The lowest BCUT2D eigenvalue weighted by atomic mass is 10.00. The number of para-hydroxylation sites is 1. The van der Waals surface area contributed by atoms with Gasteiger partial charge in [-0.2, -0.15) is 0 Å². The Kier molecular flexibility index (Phi) is 9.34. The predicted octanol–water partition coefficient (Wildman–Crippen LogP) is 1.72. The van der Waals surface area contributed by atoms with Crippen molar-refractivity contribution in [3.8, 4) is 5.75 Å². The maximum Gasteiger partial charge on any atom is 0.251 e. The minimum Gasteiger partial charge on any atom is -0.468 e. The summed E-state index contributed by atoms with van der Waals surface area (Å²) >= 11 is 0. The van der Waals surface area contributed by atoms with Gasteiger partial charge >= 0.3 is 0 Å². The van der Waals surface area contributed by atoms with Gasteiger partial charge in [0.05, 0.1) is 0 Å². The summed E-state index contributed by atoms with van der Waals surface area (Å²) in [6.45, 7) is 0.507. The molecule has 1 heterocycles. The first-order chi connectivity index (χ1) is 18.9. The second-order valence-corrected chi connectivity index (χ2v) is 9.47. The molecule has 0 spiro atoms. The first-order valence-electron chi connectivity index (χ1n) is 13.0. The molecule has 39 heavy (non-hydrogen) atoms. The van der Waals surface area contributed by atoms with E-state index in [1.54, 1.807) is 12.1 Å². The average Bonchev–Trinajstić information content (AvgIpc) is 2.93. The maximum atomic E-state index is 13.4. The number of benzene rings is 3. The first kappa shape index (κ1) is 27.4. The van der Waals surface area contributed by atoms with Crippen LogP contribution in [0, 0.1) is 0 Å². The predicted molar refractivity (Wildman–Crippen MR) is 150 cm³/mol. The number of β-lactam (4-membered cyclic amide) rings is 1. The molecule has 0 bridgehead atoms. The number of nitrogens with zero attached hydrogens (tertiary/aromatic N) is 1. The van der Waals surface area contributed by atoms with E-state index in [9.17, 15) is 14.4 Å². The molecule has 1 aliphatic rings. The van der Waals surface area contributed by atoms with E-state index in [4.69, 9.17) is 16.2 Å². The van der Waals surface area contributed by atoms with Crippen molar-refractivity contribution in [2.75, 3.05) is 6.54 Å². The van der Waals surface area contributed by atoms with E-state index < -0.39 is 24.2 Å². The van der Waals surface area contributed by atoms with Gasteiger partial charge in [0.25, 0.3) is 5.91 Å². The molecule has 0 aromatic heterocycles. The van der Waals surface area contributed by atoms with Gasteiger partial charge in [-0.3, -0.25) is 19.4 Å². The third kappa shape index (κ3) is 7.94. The molecule has 10 nitrogen and oxygen atoms in total. The number of hydrogen-bond donors (Lipinski definition) is 5. The van der Waals surface area contributed by atoms with Gasteiger partial charge in [0, 0.05) is 19.4 Å². The van der Waals surface area contributed by atoms with Crippen molar-refractivity contribution in [3.63, 3.8) is 0 Å². The summed E-state index contributed by atoms with van der Waals surface area (Å²) in [5.41, 5.74) is 11.5. The Bertz CT molecular complexity index is 1330. The highest BCUT2D eigenvalue weighted by atomic mass is 16.5. The topological polar surface area (TPSA) is 161 Å². The molecule has 1 aliphatic heterocycles. The zero-order valence-electron chi connectivity index (χ0n) is 21.6. The molecule has 7 N–H and O–H groups in total. The number of guanidine groups is 1. The average molecular weight is 531 g/mol. The Morgan fingerprint density at radius 1 is 0.949 bits per heavy atom. The summed E-state index contributed by atoms with van der Waals surface area (Å²) in [6, 6.07) is 21.1. The second-order valence-electron chi connectivity index (χ2n) is 9.47. The molecular weight excluding hydrogens is 496 g/mol. The first-order valence-corrected chi connectivity index (χ1v) is 13.0. The lowest BCUT2D eigenvalue weighted by molar-refractivity contribution is -0.144. The molecule has 1 saturated heterocycles. The monoisotopic (exact) mass is 530 g/mol. The van der Waals surface area contributed by atoms with Crippen LogP contribution in [0.3, 0.4) is 0 Å². The van der Waals surface area contributed by atoms with Crippen molar-refractivity contribution in [2.24, 2.45) is 16.5 Å². The number of rotatable bonds is 13. The van der Waals surface area contributed by atoms with E-state index in [-0.39, 0.29) is 30.6 Å². The molecule has 1 fully saturated rings. The van der Waals surface area contributed by atoms with E-state index in [0.29, 0.717) is 18.7 Å². The molecule has 3 amide bonds. The zero-order chi connectivity index (χ0) is 27.6. The highest BCUT2D eigenvalue weighted by Crippen LogP contribution is 2.18. The Labute approximate surface area is 227 Å². The fraction of sp³-hybridized carbons (Fsp3) is 0.310. The van der Waals surface area contributed by atoms with Crippen LogP contribution in [-0.2, 0) is 20.8 Å². The molecule has 0 unspecified atom stereocenters. The molecule has 0 aliphatic carbocycles. The number of nitrogens with one attached hydrogen (secondary N) is 3. The van der Waals surface area contributed by atoms with E-state index >= 15 is 0 Å². The number of amides is 3. The molecular formula is C29H34N6O4. The molecule has 0 saturated carbocycles. The van der Waals surface area contributed by atoms with Crippen LogP contribution in [0.5, 0.6) is 5.75 Å². The van der Waals surface area contributed by atoms with E-state index in [1.807, 2.05) is 60.7 Å². The smallest absolute Gasteiger partial charge is 0.251 e. The normalized spacial score (nSPS) is 16.9. The minimum atomic E-state index is -0.871. The quantitative estimate of drug-likeness (QED) is 0.0979. The Morgan fingerprint density at radius 2 is 1.69 bits per heavy atom. The maximum absolute atomic E-state index is 13.4. The van der Waals surface area contributed by atoms with Crippen molar-refractivity contribution in [1.82, 2.24) is 16.0 Å². The lowest BCUT2D eigenvalue weighted by Gasteiger charge is -2.37. The SMILES string of the molecule is NC(N)=NCCCCCC(=O)N[C@@H](Cc1ccc2ccccc2c1)C(=O)N[C@@H]1C(=O)N[C@H]1Oc1ccccc1. The van der Waals surface area contributed by atoms with Crippen LogP contribution in [0.4, 0.5) is 0 Å². The minimum absolute atomic E-state index is 0.0480. The number of nitrogens with two attached hydrogens (primary N) is 2. The number of fused-ring (bicyclic) bond motifs is 1. The molecule has 3 aromatic carbocycles. The van der Waals surface area contributed by atoms with Gasteiger partial charge in [-0.25, -0.2) is 0 Å². The van der Waals surface area contributed by atoms with Crippen LogP contribution in [-0.4, -0.2) is 48.5 Å². The number of hydrogen-bond acceptors (Lipinski definition) is 5. The van der Waals surface area contributed by atoms with Gasteiger partial charge in [-0.1, -0.05) is 67.1 Å². The Hall–Kier alpha value is -4.60. The van der Waals surface area contributed by atoms with Crippen molar-refractivity contribution in [3.05, 3.63) is 78.4 Å². The highest BCUT2D eigenvalue weighted by molar-refractivity contribution is 5.95. The number of ether oxygens (including phenoxy) is 1. The third-order valence-corrected chi connectivity index (χ3v) is 6.44. The number of unbranched alkanes of at least 4 members (excludes halogenated alkanes) is 2. The zero-order valence-corrected chi connectivity index (χ0v) is 21.6. The standard InChI is InChI=1S/C29H34N6O4/c30-29(31)32-16-8-2-5-13-24(36)33-23(18-19-14-15-20-9-6-7-10-21(20)17-19)26(37)34-25-27(38)35-28(25)39-22-11-3-1-4-12-22/h1,3-4,6-7,9-12,14-15,17,23,25,28H,2,5,8,13,16,18H2,(H,33,36)(H,34,37)(H,35,38)(H4,30,31,32)/t23-,25+,28-/m0/s1. The summed E-state index contributed by atoms with van der Waals surface area (Å²) in [7, 11) is 0. The lowest BCUT2D eigenvalue weighted by Crippen LogP contribution is -2.72.